The van der Waals surface area contributed by atoms with E-state index in [1.807, 2.05) is 5.38 Å². The first kappa shape index (κ1) is 11.9. The number of carbonyl (C=O) groups is 1. The highest BCUT2D eigenvalue weighted by Crippen LogP contribution is 2.24. The van der Waals surface area contributed by atoms with Crippen LogP contribution in [-0.2, 0) is 11.3 Å². The second-order valence-electron chi connectivity index (χ2n) is 3.21. The molecule has 0 unspecified atom stereocenters. The van der Waals surface area contributed by atoms with Crippen molar-refractivity contribution in [1.29, 1.82) is 0 Å². The average molecular weight is 269 g/mol. The van der Waals surface area contributed by atoms with Crippen molar-refractivity contribution < 1.29 is 9.53 Å². The number of rotatable bonds is 3. The number of thiazole rings is 1. The molecule has 17 heavy (non-hydrogen) atoms. The zero-order valence-electron chi connectivity index (χ0n) is 8.72. The van der Waals surface area contributed by atoms with Crippen LogP contribution in [0.2, 0.25) is 5.02 Å². The summed E-state index contributed by atoms with van der Waals surface area (Å²) >= 11 is 7.33. The number of halogens is 1. The van der Waals surface area contributed by atoms with Crippen molar-refractivity contribution in [3.63, 3.8) is 0 Å². The van der Waals surface area contributed by atoms with Crippen LogP contribution >= 0.6 is 22.9 Å². The number of anilines is 1. The molecule has 0 aliphatic heterocycles. The molecule has 0 atom stereocenters. The Labute approximate surface area is 107 Å². The SMILES string of the molecule is Nc1cccc(C(=O)OCc2nccs2)c1Cl. The van der Waals surface area contributed by atoms with E-state index >= 15 is 0 Å². The van der Waals surface area contributed by atoms with Crippen molar-refractivity contribution in [2.75, 3.05) is 5.73 Å². The van der Waals surface area contributed by atoms with E-state index in [0.29, 0.717) is 5.69 Å². The van der Waals surface area contributed by atoms with E-state index in [9.17, 15) is 4.79 Å². The molecule has 1 heterocycles. The average Bonchev–Trinajstić information content (AvgIpc) is 2.82. The van der Waals surface area contributed by atoms with Crippen LogP contribution in [0.3, 0.4) is 0 Å². The minimum Gasteiger partial charge on any atom is -0.455 e. The molecule has 0 bridgehead atoms. The number of hydrogen-bond donors (Lipinski definition) is 1. The molecule has 0 aliphatic rings. The molecule has 0 amide bonds. The van der Waals surface area contributed by atoms with Gasteiger partial charge in [-0.05, 0) is 12.1 Å². The second-order valence-corrected chi connectivity index (χ2v) is 4.57. The first-order chi connectivity index (χ1) is 8.18. The molecule has 0 saturated heterocycles. The fourth-order valence-corrected chi connectivity index (χ4v) is 1.97. The number of nitrogen functional groups attached to an aromatic ring is 1. The van der Waals surface area contributed by atoms with Crippen molar-refractivity contribution in [2.24, 2.45) is 0 Å². The van der Waals surface area contributed by atoms with Crippen molar-refractivity contribution in [2.45, 2.75) is 6.61 Å². The number of esters is 1. The fraction of sp³-hybridized carbons (Fsp3) is 0.0909. The Balaban J connectivity index is 2.07. The predicted molar refractivity (Wildman–Crippen MR) is 67.1 cm³/mol. The number of carbonyl (C=O) groups excluding carboxylic acids is 1. The lowest BCUT2D eigenvalue weighted by atomic mass is 10.2. The van der Waals surface area contributed by atoms with Gasteiger partial charge in [0, 0.05) is 11.6 Å². The molecule has 2 rings (SSSR count). The molecule has 6 heteroatoms. The van der Waals surface area contributed by atoms with E-state index in [1.165, 1.54) is 11.3 Å². The van der Waals surface area contributed by atoms with Crippen LogP contribution < -0.4 is 5.73 Å². The van der Waals surface area contributed by atoms with Crippen molar-refractivity contribution in [3.05, 3.63) is 45.4 Å². The zero-order valence-corrected chi connectivity index (χ0v) is 10.3. The lowest BCUT2D eigenvalue weighted by Gasteiger charge is -2.06. The highest BCUT2D eigenvalue weighted by molar-refractivity contribution is 7.09. The second kappa shape index (κ2) is 5.16. The molecule has 0 aliphatic carbocycles. The third-order valence-electron chi connectivity index (χ3n) is 2.06. The quantitative estimate of drug-likeness (QED) is 0.687. The Morgan fingerprint density at radius 1 is 1.53 bits per heavy atom. The fourth-order valence-electron chi connectivity index (χ4n) is 1.24. The molecule has 2 aromatic rings. The standard InChI is InChI=1S/C11H9ClN2O2S/c12-10-7(2-1-3-8(10)13)11(15)16-6-9-14-4-5-17-9/h1-5H,6,13H2. The molecule has 2 N–H and O–H groups in total. The van der Waals surface area contributed by atoms with Gasteiger partial charge in [0.1, 0.15) is 11.6 Å². The van der Waals surface area contributed by atoms with Gasteiger partial charge in [-0.15, -0.1) is 11.3 Å². The lowest BCUT2D eigenvalue weighted by molar-refractivity contribution is 0.0472. The van der Waals surface area contributed by atoms with Crippen LogP contribution in [0.25, 0.3) is 0 Å². The van der Waals surface area contributed by atoms with E-state index in [1.54, 1.807) is 24.4 Å². The van der Waals surface area contributed by atoms with Gasteiger partial charge in [0.15, 0.2) is 0 Å². The molecule has 1 aromatic heterocycles. The topological polar surface area (TPSA) is 65.2 Å². The summed E-state index contributed by atoms with van der Waals surface area (Å²) in [4.78, 5) is 15.7. The van der Waals surface area contributed by atoms with Crippen molar-refractivity contribution >= 4 is 34.6 Å². The van der Waals surface area contributed by atoms with Crippen molar-refractivity contribution in [3.8, 4) is 0 Å². The van der Waals surface area contributed by atoms with E-state index in [2.05, 4.69) is 4.98 Å². The zero-order chi connectivity index (χ0) is 12.3. The molecule has 1 aromatic carbocycles. The molecule has 0 spiro atoms. The number of benzene rings is 1. The lowest BCUT2D eigenvalue weighted by Crippen LogP contribution is -2.06. The molecule has 4 nitrogen and oxygen atoms in total. The van der Waals surface area contributed by atoms with E-state index in [0.717, 1.165) is 5.01 Å². The van der Waals surface area contributed by atoms with Crippen molar-refractivity contribution in [1.82, 2.24) is 4.98 Å². The van der Waals surface area contributed by atoms with Gasteiger partial charge in [-0.1, -0.05) is 17.7 Å². The largest absolute Gasteiger partial charge is 0.455 e. The van der Waals surface area contributed by atoms with Crippen LogP contribution in [0.15, 0.2) is 29.8 Å². The Hall–Kier alpha value is -1.59. The van der Waals surface area contributed by atoms with Gasteiger partial charge in [0.25, 0.3) is 0 Å². The summed E-state index contributed by atoms with van der Waals surface area (Å²) < 4.78 is 5.08. The smallest absolute Gasteiger partial charge is 0.340 e. The Morgan fingerprint density at radius 2 is 2.35 bits per heavy atom. The third-order valence-corrected chi connectivity index (χ3v) is 3.23. The molecule has 0 saturated carbocycles. The summed E-state index contributed by atoms with van der Waals surface area (Å²) in [7, 11) is 0. The Morgan fingerprint density at radius 3 is 3.06 bits per heavy atom. The van der Waals surface area contributed by atoms with Crippen LogP contribution in [0.1, 0.15) is 15.4 Å². The third kappa shape index (κ3) is 2.75. The summed E-state index contributed by atoms with van der Waals surface area (Å²) in [6.45, 7) is 0.141. The summed E-state index contributed by atoms with van der Waals surface area (Å²) in [5.74, 6) is -0.502. The minimum atomic E-state index is -0.502. The summed E-state index contributed by atoms with van der Waals surface area (Å²) in [5, 5.41) is 2.77. The van der Waals surface area contributed by atoms with Crippen LogP contribution in [-0.4, -0.2) is 11.0 Å². The summed E-state index contributed by atoms with van der Waals surface area (Å²) in [6.07, 6.45) is 1.65. The predicted octanol–water partition coefficient (Wildman–Crippen LogP) is 2.74. The van der Waals surface area contributed by atoms with Gasteiger partial charge >= 0.3 is 5.97 Å². The Bertz CT molecular complexity index is 528. The number of aromatic nitrogens is 1. The monoisotopic (exact) mass is 268 g/mol. The number of ether oxygens (including phenoxy) is 1. The molecular weight excluding hydrogens is 260 g/mol. The first-order valence-electron chi connectivity index (χ1n) is 4.78. The maximum atomic E-state index is 11.7. The maximum absolute atomic E-state index is 11.7. The van der Waals surface area contributed by atoms with E-state index < -0.39 is 5.97 Å². The summed E-state index contributed by atoms with van der Waals surface area (Å²) in [5.41, 5.74) is 6.22. The normalized spacial score (nSPS) is 10.2. The van der Waals surface area contributed by atoms with Crippen LogP contribution in [0, 0.1) is 0 Å². The number of hydrogen-bond acceptors (Lipinski definition) is 5. The van der Waals surface area contributed by atoms with Gasteiger partial charge in [-0.3, -0.25) is 0 Å². The number of nitrogens with zero attached hydrogens (tertiary/aromatic N) is 1. The minimum absolute atomic E-state index is 0.141. The number of nitrogens with two attached hydrogens (primary N) is 1. The van der Waals surface area contributed by atoms with Gasteiger partial charge in [-0.2, -0.15) is 0 Å². The maximum Gasteiger partial charge on any atom is 0.340 e. The molecular formula is C11H9ClN2O2S. The van der Waals surface area contributed by atoms with Crippen LogP contribution in [0.5, 0.6) is 0 Å². The Kier molecular flexibility index (Phi) is 3.61. The van der Waals surface area contributed by atoms with Gasteiger partial charge in [-0.25, -0.2) is 9.78 Å². The van der Waals surface area contributed by atoms with Gasteiger partial charge in [0.2, 0.25) is 0 Å². The van der Waals surface area contributed by atoms with Gasteiger partial charge in [0.05, 0.1) is 16.3 Å². The highest BCUT2D eigenvalue weighted by Gasteiger charge is 2.13. The van der Waals surface area contributed by atoms with Gasteiger partial charge < -0.3 is 10.5 Å². The highest BCUT2D eigenvalue weighted by atomic mass is 35.5. The van der Waals surface area contributed by atoms with E-state index in [4.69, 9.17) is 22.1 Å². The summed E-state index contributed by atoms with van der Waals surface area (Å²) in [6, 6.07) is 4.85. The van der Waals surface area contributed by atoms with Crippen LogP contribution in [0.4, 0.5) is 5.69 Å². The van der Waals surface area contributed by atoms with E-state index in [-0.39, 0.29) is 17.2 Å². The molecule has 0 fully saturated rings. The molecule has 88 valence electrons. The molecule has 0 radical (unpaired) electrons. The first-order valence-corrected chi connectivity index (χ1v) is 6.03.